The van der Waals surface area contributed by atoms with Crippen molar-refractivity contribution in [2.24, 2.45) is 10.9 Å². The number of esters is 2. The molecule has 2 rings (SSSR count). The van der Waals surface area contributed by atoms with Crippen molar-refractivity contribution in [1.29, 1.82) is 0 Å². The molecule has 0 saturated heterocycles. The molecule has 5 nitrogen and oxygen atoms in total. The predicted molar refractivity (Wildman–Crippen MR) is 99.4 cm³/mol. The lowest BCUT2D eigenvalue weighted by Gasteiger charge is -2.31. The highest BCUT2D eigenvalue weighted by atomic mass is 79.9. The molecule has 0 saturated carbocycles. The molecule has 1 heterocycles. The summed E-state index contributed by atoms with van der Waals surface area (Å²) in [5.41, 5.74) is 2.45. The smallest absolute Gasteiger partial charge is 0.336 e. The number of nitrogens with zero attached hydrogens (tertiary/aromatic N) is 1. The van der Waals surface area contributed by atoms with Crippen LogP contribution < -0.4 is 0 Å². The number of carbonyl (C=O) groups excluding carboxylic acids is 2. The molecule has 0 aliphatic carbocycles. The number of aliphatic imine (C=N–C) groups is 1. The SMILES string of the molecule is CCOC(=O)C1=C(C)N=C(C)C(C(=O)OCC)C1c1cccc(Br)c1. The Balaban J connectivity index is 2.62. The molecule has 25 heavy (non-hydrogen) atoms. The first-order chi connectivity index (χ1) is 11.9. The summed E-state index contributed by atoms with van der Waals surface area (Å²) in [6, 6.07) is 7.57. The zero-order chi connectivity index (χ0) is 18.6. The largest absolute Gasteiger partial charge is 0.465 e. The molecular weight excluding hydrogens is 386 g/mol. The van der Waals surface area contributed by atoms with Gasteiger partial charge in [0.1, 0.15) is 5.92 Å². The van der Waals surface area contributed by atoms with E-state index in [-0.39, 0.29) is 19.2 Å². The van der Waals surface area contributed by atoms with Crippen molar-refractivity contribution in [3.8, 4) is 0 Å². The molecule has 1 aliphatic rings. The van der Waals surface area contributed by atoms with E-state index in [1.165, 1.54) is 0 Å². The minimum atomic E-state index is -0.655. The van der Waals surface area contributed by atoms with Gasteiger partial charge in [-0.25, -0.2) is 4.79 Å². The summed E-state index contributed by atoms with van der Waals surface area (Å²) in [4.78, 5) is 29.7. The van der Waals surface area contributed by atoms with Crippen molar-refractivity contribution in [3.05, 3.63) is 45.6 Å². The second-order valence-corrected chi connectivity index (χ2v) is 6.65. The maximum Gasteiger partial charge on any atom is 0.336 e. The zero-order valence-electron chi connectivity index (χ0n) is 14.8. The molecule has 1 aromatic carbocycles. The van der Waals surface area contributed by atoms with E-state index in [2.05, 4.69) is 20.9 Å². The van der Waals surface area contributed by atoms with Crippen LogP contribution in [0.15, 0.2) is 45.0 Å². The first-order valence-corrected chi connectivity index (χ1v) is 9.05. The van der Waals surface area contributed by atoms with Gasteiger partial charge in [-0.05, 0) is 45.4 Å². The minimum absolute atomic E-state index is 0.258. The Labute approximate surface area is 156 Å². The minimum Gasteiger partial charge on any atom is -0.465 e. The molecule has 0 fully saturated rings. The van der Waals surface area contributed by atoms with Gasteiger partial charge in [0.25, 0.3) is 0 Å². The van der Waals surface area contributed by atoms with Gasteiger partial charge in [-0.15, -0.1) is 0 Å². The maximum absolute atomic E-state index is 12.6. The summed E-state index contributed by atoms with van der Waals surface area (Å²) >= 11 is 3.46. The fraction of sp³-hybridized carbons (Fsp3) is 0.421. The van der Waals surface area contributed by atoms with Crippen molar-refractivity contribution < 1.29 is 19.1 Å². The Bertz CT molecular complexity index is 739. The molecule has 0 radical (unpaired) electrons. The molecule has 0 aromatic heterocycles. The fourth-order valence-corrected chi connectivity index (χ4v) is 3.53. The highest BCUT2D eigenvalue weighted by Crippen LogP contribution is 2.40. The van der Waals surface area contributed by atoms with E-state index in [9.17, 15) is 9.59 Å². The van der Waals surface area contributed by atoms with Gasteiger partial charge < -0.3 is 9.47 Å². The van der Waals surface area contributed by atoms with Crippen LogP contribution in [0, 0.1) is 5.92 Å². The molecule has 134 valence electrons. The third kappa shape index (κ3) is 4.18. The number of ether oxygens (including phenoxy) is 2. The van der Waals surface area contributed by atoms with Crippen molar-refractivity contribution in [1.82, 2.24) is 0 Å². The van der Waals surface area contributed by atoms with Crippen molar-refractivity contribution in [3.63, 3.8) is 0 Å². The standard InChI is InChI=1S/C19H22BrNO4/c1-5-24-18(22)15-11(3)21-12(4)16(19(23)25-6-2)17(15)13-8-7-9-14(20)10-13/h7-10,15,17H,5-6H2,1-4H3. The van der Waals surface area contributed by atoms with Crippen molar-refractivity contribution in [2.45, 2.75) is 33.6 Å². The van der Waals surface area contributed by atoms with Crippen LogP contribution in [0.25, 0.3) is 0 Å². The van der Waals surface area contributed by atoms with Gasteiger partial charge in [-0.1, -0.05) is 28.1 Å². The number of halogens is 1. The third-order valence-corrected chi connectivity index (χ3v) is 4.57. The van der Waals surface area contributed by atoms with Gasteiger partial charge in [0.2, 0.25) is 0 Å². The van der Waals surface area contributed by atoms with Crippen LogP contribution in [0.3, 0.4) is 0 Å². The van der Waals surface area contributed by atoms with E-state index in [1.807, 2.05) is 24.3 Å². The van der Waals surface area contributed by atoms with Crippen LogP contribution in [0.2, 0.25) is 0 Å². The summed E-state index contributed by atoms with van der Waals surface area (Å²) in [5, 5.41) is 0. The van der Waals surface area contributed by atoms with E-state index >= 15 is 0 Å². The Hall–Kier alpha value is -1.95. The van der Waals surface area contributed by atoms with Crippen LogP contribution in [0.5, 0.6) is 0 Å². The predicted octanol–water partition coefficient (Wildman–Crippen LogP) is 4.02. The van der Waals surface area contributed by atoms with Gasteiger partial charge in [0.05, 0.1) is 18.8 Å². The molecule has 0 spiro atoms. The highest BCUT2D eigenvalue weighted by molar-refractivity contribution is 9.10. The Morgan fingerprint density at radius 3 is 2.44 bits per heavy atom. The van der Waals surface area contributed by atoms with Crippen molar-refractivity contribution in [2.75, 3.05) is 13.2 Å². The lowest BCUT2D eigenvalue weighted by molar-refractivity contribution is -0.146. The second kappa shape index (κ2) is 8.43. The average Bonchev–Trinajstić information content (AvgIpc) is 2.54. The van der Waals surface area contributed by atoms with Crippen LogP contribution in [-0.2, 0) is 19.1 Å². The average molecular weight is 408 g/mol. The van der Waals surface area contributed by atoms with Crippen molar-refractivity contribution >= 4 is 33.6 Å². The maximum atomic E-state index is 12.6. The zero-order valence-corrected chi connectivity index (χ0v) is 16.4. The van der Waals surface area contributed by atoms with Crippen LogP contribution in [0.1, 0.15) is 39.2 Å². The molecule has 0 bridgehead atoms. The summed E-state index contributed by atoms with van der Waals surface area (Å²) in [5.74, 6) is -1.98. The molecule has 0 N–H and O–H groups in total. The number of carbonyl (C=O) groups is 2. The fourth-order valence-electron chi connectivity index (χ4n) is 3.11. The van der Waals surface area contributed by atoms with E-state index < -0.39 is 17.8 Å². The Morgan fingerprint density at radius 1 is 1.16 bits per heavy atom. The molecule has 1 aromatic rings. The lowest BCUT2D eigenvalue weighted by Crippen LogP contribution is -2.36. The molecular formula is C19H22BrNO4. The molecule has 2 unspecified atom stereocenters. The summed E-state index contributed by atoms with van der Waals surface area (Å²) < 4.78 is 11.3. The number of rotatable bonds is 5. The highest BCUT2D eigenvalue weighted by Gasteiger charge is 2.42. The lowest BCUT2D eigenvalue weighted by atomic mass is 9.75. The van der Waals surface area contributed by atoms with Crippen LogP contribution in [-0.4, -0.2) is 30.9 Å². The topological polar surface area (TPSA) is 65.0 Å². The number of hydrogen-bond acceptors (Lipinski definition) is 5. The van der Waals surface area contributed by atoms with E-state index in [4.69, 9.17) is 9.47 Å². The summed E-state index contributed by atoms with van der Waals surface area (Å²) in [6.07, 6.45) is 0. The van der Waals surface area contributed by atoms with Crippen LogP contribution >= 0.6 is 15.9 Å². The van der Waals surface area contributed by atoms with Gasteiger partial charge in [-0.2, -0.15) is 0 Å². The van der Waals surface area contributed by atoms with Gasteiger partial charge in [0.15, 0.2) is 0 Å². The number of allylic oxidation sites excluding steroid dienone is 1. The molecule has 1 aliphatic heterocycles. The van der Waals surface area contributed by atoms with Crippen LogP contribution in [0.4, 0.5) is 0 Å². The number of hydrogen-bond donors (Lipinski definition) is 0. The van der Waals surface area contributed by atoms with E-state index in [1.54, 1.807) is 27.7 Å². The van der Waals surface area contributed by atoms with Gasteiger partial charge >= 0.3 is 11.9 Å². The van der Waals surface area contributed by atoms with Gasteiger partial charge in [-0.3, -0.25) is 9.79 Å². The first-order valence-electron chi connectivity index (χ1n) is 8.25. The van der Waals surface area contributed by atoms with E-state index in [0.29, 0.717) is 17.0 Å². The first kappa shape index (κ1) is 19.4. The molecule has 0 amide bonds. The summed E-state index contributed by atoms with van der Waals surface area (Å²) in [6.45, 7) is 7.59. The Morgan fingerprint density at radius 2 is 1.84 bits per heavy atom. The van der Waals surface area contributed by atoms with E-state index in [0.717, 1.165) is 10.0 Å². The monoisotopic (exact) mass is 407 g/mol. The Kier molecular flexibility index (Phi) is 6.53. The summed E-state index contributed by atoms with van der Waals surface area (Å²) in [7, 11) is 0. The second-order valence-electron chi connectivity index (χ2n) is 5.74. The third-order valence-electron chi connectivity index (χ3n) is 4.07. The van der Waals surface area contributed by atoms with Gasteiger partial charge in [0, 0.05) is 21.8 Å². The quantitative estimate of drug-likeness (QED) is 0.691. The number of benzene rings is 1. The normalized spacial score (nSPS) is 20.1. The molecule has 2 atom stereocenters. The molecule has 6 heteroatoms.